The van der Waals surface area contributed by atoms with E-state index in [-0.39, 0.29) is 0 Å². The Morgan fingerprint density at radius 3 is 2.55 bits per heavy atom. The average Bonchev–Trinajstić information content (AvgIpc) is 2.92. The molecule has 1 unspecified atom stereocenters. The van der Waals surface area contributed by atoms with E-state index in [2.05, 4.69) is 0 Å². The molecule has 0 aliphatic heterocycles. The molecule has 3 rings (SSSR count). The lowest BCUT2D eigenvalue weighted by atomic mass is 10.1. The van der Waals surface area contributed by atoms with Gasteiger partial charge in [-0.1, -0.05) is 35.9 Å². The van der Waals surface area contributed by atoms with Crippen LogP contribution in [0.3, 0.4) is 0 Å². The molecule has 20 heavy (non-hydrogen) atoms. The predicted octanol–water partition coefficient (Wildman–Crippen LogP) is 4.18. The fourth-order valence-corrected chi connectivity index (χ4v) is 2.35. The summed E-state index contributed by atoms with van der Waals surface area (Å²) >= 11 is 6.07. The van der Waals surface area contributed by atoms with Gasteiger partial charge in [0.1, 0.15) is 17.6 Å². The highest BCUT2D eigenvalue weighted by Gasteiger charge is 2.16. The molecule has 0 saturated heterocycles. The summed E-state index contributed by atoms with van der Waals surface area (Å²) in [7, 11) is 1.60. The molecule has 0 bridgehead atoms. The number of rotatable bonds is 3. The number of methoxy groups -OCH3 is 1. The van der Waals surface area contributed by atoms with E-state index in [0.717, 1.165) is 16.7 Å². The van der Waals surface area contributed by atoms with Crippen LogP contribution in [0.1, 0.15) is 17.4 Å². The molecule has 0 saturated carbocycles. The zero-order valence-corrected chi connectivity index (χ0v) is 11.6. The van der Waals surface area contributed by atoms with Gasteiger partial charge in [-0.25, -0.2) is 0 Å². The zero-order chi connectivity index (χ0) is 14.1. The molecule has 0 amide bonds. The van der Waals surface area contributed by atoms with Gasteiger partial charge in [-0.2, -0.15) is 0 Å². The van der Waals surface area contributed by atoms with E-state index < -0.39 is 6.10 Å². The second-order valence-corrected chi connectivity index (χ2v) is 4.89. The summed E-state index contributed by atoms with van der Waals surface area (Å²) in [6.07, 6.45) is -0.829. The molecule has 0 aliphatic carbocycles. The Morgan fingerprint density at radius 2 is 1.90 bits per heavy atom. The minimum Gasteiger partial charge on any atom is -0.497 e. The van der Waals surface area contributed by atoms with Crippen molar-refractivity contribution < 1.29 is 14.3 Å². The molecule has 3 aromatic rings. The quantitative estimate of drug-likeness (QED) is 0.786. The largest absolute Gasteiger partial charge is 0.497 e. The summed E-state index contributed by atoms with van der Waals surface area (Å²) in [5, 5.41) is 11.8. The number of ether oxygens (including phenoxy) is 1. The van der Waals surface area contributed by atoms with Crippen LogP contribution in [0.25, 0.3) is 11.0 Å². The highest BCUT2D eigenvalue weighted by Crippen LogP contribution is 2.32. The summed E-state index contributed by atoms with van der Waals surface area (Å²) in [5.41, 5.74) is 1.33. The van der Waals surface area contributed by atoms with Gasteiger partial charge in [-0.05, 0) is 29.8 Å². The first-order valence-corrected chi connectivity index (χ1v) is 6.57. The third kappa shape index (κ3) is 2.26. The van der Waals surface area contributed by atoms with E-state index in [0.29, 0.717) is 16.4 Å². The second kappa shape index (κ2) is 5.19. The van der Waals surface area contributed by atoms with Crippen LogP contribution in [0.2, 0.25) is 5.02 Å². The van der Waals surface area contributed by atoms with Crippen LogP contribution in [0.15, 0.2) is 52.9 Å². The first kappa shape index (κ1) is 13.0. The lowest BCUT2D eigenvalue weighted by molar-refractivity contribution is 0.192. The molecule has 0 radical (unpaired) electrons. The van der Waals surface area contributed by atoms with E-state index in [4.69, 9.17) is 20.8 Å². The van der Waals surface area contributed by atoms with Crippen molar-refractivity contribution in [2.45, 2.75) is 6.10 Å². The fourth-order valence-electron chi connectivity index (χ4n) is 2.13. The fraction of sp³-hybridized carbons (Fsp3) is 0.125. The van der Waals surface area contributed by atoms with Crippen molar-refractivity contribution >= 4 is 22.6 Å². The van der Waals surface area contributed by atoms with Crippen molar-refractivity contribution in [3.05, 3.63) is 64.9 Å². The molecule has 0 fully saturated rings. The standard InChI is InChI=1S/C16H13ClO3/c1-19-12-7-5-10(6-8-12)15(18)14-9-11-3-2-4-13(17)16(11)20-14/h2-9,15,18H,1H3. The van der Waals surface area contributed by atoms with Crippen LogP contribution >= 0.6 is 11.6 Å². The maximum Gasteiger partial charge on any atom is 0.153 e. The topological polar surface area (TPSA) is 42.6 Å². The van der Waals surface area contributed by atoms with Crippen LogP contribution < -0.4 is 4.74 Å². The third-order valence-electron chi connectivity index (χ3n) is 3.22. The molecular formula is C16H13ClO3. The molecule has 4 heteroatoms. The number of para-hydroxylation sites is 1. The third-order valence-corrected chi connectivity index (χ3v) is 3.51. The lowest BCUT2D eigenvalue weighted by Crippen LogP contribution is -1.97. The number of furan rings is 1. The number of aliphatic hydroxyl groups is 1. The van der Waals surface area contributed by atoms with Crippen molar-refractivity contribution in [1.82, 2.24) is 0 Å². The Hall–Kier alpha value is -1.97. The molecule has 102 valence electrons. The van der Waals surface area contributed by atoms with Gasteiger partial charge in [0.2, 0.25) is 0 Å². The molecule has 2 aromatic carbocycles. The van der Waals surface area contributed by atoms with Crippen LogP contribution in [0.4, 0.5) is 0 Å². The minimum atomic E-state index is -0.829. The van der Waals surface area contributed by atoms with Gasteiger partial charge in [0.15, 0.2) is 5.58 Å². The predicted molar refractivity (Wildman–Crippen MR) is 78.3 cm³/mol. The van der Waals surface area contributed by atoms with Gasteiger partial charge in [0.25, 0.3) is 0 Å². The normalized spacial score (nSPS) is 12.6. The van der Waals surface area contributed by atoms with E-state index in [1.54, 1.807) is 43.5 Å². The van der Waals surface area contributed by atoms with Gasteiger partial charge >= 0.3 is 0 Å². The Labute approximate surface area is 121 Å². The monoisotopic (exact) mass is 288 g/mol. The smallest absolute Gasteiger partial charge is 0.153 e. The molecule has 0 aliphatic rings. The van der Waals surface area contributed by atoms with Crippen molar-refractivity contribution in [3.8, 4) is 5.75 Å². The number of hydrogen-bond donors (Lipinski definition) is 1. The van der Waals surface area contributed by atoms with Gasteiger partial charge in [-0.15, -0.1) is 0 Å². The second-order valence-electron chi connectivity index (χ2n) is 4.48. The van der Waals surface area contributed by atoms with Crippen LogP contribution in [-0.2, 0) is 0 Å². The lowest BCUT2D eigenvalue weighted by Gasteiger charge is -2.08. The molecule has 3 nitrogen and oxygen atoms in total. The van der Waals surface area contributed by atoms with Gasteiger partial charge in [0.05, 0.1) is 12.1 Å². The number of fused-ring (bicyclic) bond motifs is 1. The molecular weight excluding hydrogens is 276 g/mol. The van der Waals surface area contributed by atoms with Crippen LogP contribution in [-0.4, -0.2) is 12.2 Å². The van der Waals surface area contributed by atoms with Crippen LogP contribution in [0.5, 0.6) is 5.75 Å². The maximum atomic E-state index is 10.4. The highest BCUT2D eigenvalue weighted by molar-refractivity contribution is 6.34. The maximum absolute atomic E-state index is 10.4. The first-order chi connectivity index (χ1) is 9.69. The van der Waals surface area contributed by atoms with Crippen molar-refractivity contribution in [1.29, 1.82) is 0 Å². The summed E-state index contributed by atoms with van der Waals surface area (Å²) < 4.78 is 10.8. The minimum absolute atomic E-state index is 0.471. The summed E-state index contributed by atoms with van der Waals surface area (Å²) in [6, 6.07) is 14.5. The number of benzene rings is 2. The van der Waals surface area contributed by atoms with Crippen molar-refractivity contribution in [3.63, 3.8) is 0 Å². The van der Waals surface area contributed by atoms with E-state index in [1.807, 2.05) is 12.1 Å². The Kier molecular flexibility index (Phi) is 3.38. The van der Waals surface area contributed by atoms with Crippen LogP contribution in [0, 0.1) is 0 Å². The summed E-state index contributed by atoms with van der Waals surface area (Å²) in [4.78, 5) is 0. The van der Waals surface area contributed by atoms with E-state index >= 15 is 0 Å². The average molecular weight is 289 g/mol. The molecule has 1 atom stereocenters. The van der Waals surface area contributed by atoms with E-state index in [9.17, 15) is 5.11 Å². The van der Waals surface area contributed by atoms with E-state index in [1.165, 1.54) is 0 Å². The van der Waals surface area contributed by atoms with Gasteiger partial charge in [-0.3, -0.25) is 0 Å². The van der Waals surface area contributed by atoms with Crippen molar-refractivity contribution in [2.24, 2.45) is 0 Å². The first-order valence-electron chi connectivity index (χ1n) is 6.19. The Balaban J connectivity index is 1.98. The molecule has 1 heterocycles. The zero-order valence-electron chi connectivity index (χ0n) is 10.8. The summed E-state index contributed by atoms with van der Waals surface area (Å²) in [6.45, 7) is 0. The molecule has 0 spiro atoms. The molecule has 1 aromatic heterocycles. The number of halogens is 1. The number of hydrogen-bond acceptors (Lipinski definition) is 3. The Morgan fingerprint density at radius 1 is 1.15 bits per heavy atom. The van der Waals surface area contributed by atoms with Crippen molar-refractivity contribution in [2.75, 3.05) is 7.11 Å². The van der Waals surface area contributed by atoms with Gasteiger partial charge < -0.3 is 14.3 Å². The highest BCUT2D eigenvalue weighted by atomic mass is 35.5. The Bertz CT molecular complexity index is 731. The SMILES string of the molecule is COc1ccc(C(O)c2cc3cccc(Cl)c3o2)cc1. The van der Waals surface area contributed by atoms with Gasteiger partial charge in [0, 0.05) is 5.39 Å². The number of aliphatic hydroxyl groups excluding tert-OH is 1. The summed E-state index contributed by atoms with van der Waals surface area (Å²) in [5.74, 6) is 1.21. The molecule has 1 N–H and O–H groups in total.